The van der Waals surface area contributed by atoms with Gasteiger partial charge >= 0.3 is 5.97 Å². The summed E-state index contributed by atoms with van der Waals surface area (Å²) in [5.74, 6) is -0.479. The van der Waals surface area contributed by atoms with Gasteiger partial charge in [-0.3, -0.25) is 14.9 Å². The molecule has 1 aliphatic heterocycles. The van der Waals surface area contributed by atoms with Crippen molar-refractivity contribution in [2.45, 2.75) is 39.3 Å². The maximum atomic E-state index is 12.5. The molecule has 0 saturated carbocycles. The second-order valence-corrected chi connectivity index (χ2v) is 7.74. The van der Waals surface area contributed by atoms with E-state index in [1.54, 1.807) is 29.3 Å². The first-order chi connectivity index (χ1) is 13.3. The third kappa shape index (κ3) is 3.75. The monoisotopic (exact) mass is 403 g/mol. The average molecular weight is 403 g/mol. The Balaban J connectivity index is 1.91. The van der Waals surface area contributed by atoms with Crippen molar-refractivity contribution < 1.29 is 19.2 Å². The van der Waals surface area contributed by atoms with E-state index in [2.05, 4.69) is 4.98 Å². The number of carbonyl (C=O) groups excluding carboxylic acids is 2. The topological polar surface area (TPSA) is 103 Å². The van der Waals surface area contributed by atoms with Crippen LogP contribution in [0.15, 0.2) is 29.6 Å². The van der Waals surface area contributed by atoms with E-state index in [-0.39, 0.29) is 41.9 Å². The van der Waals surface area contributed by atoms with Gasteiger partial charge < -0.3 is 9.64 Å². The normalized spacial score (nSPS) is 17.4. The summed E-state index contributed by atoms with van der Waals surface area (Å²) < 4.78 is 4.99. The van der Waals surface area contributed by atoms with Crippen molar-refractivity contribution in [3.8, 4) is 0 Å². The maximum Gasteiger partial charge on any atom is 0.357 e. The molecular formula is C19H21N3O5S. The first-order valence-corrected chi connectivity index (χ1v) is 9.89. The summed E-state index contributed by atoms with van der Waals surface area (Å²) in [5, 5.41) is 13.4. The quantitative estimate of drug-likeness (QED) is 0.301. The van der Waals surface area contributed by atoms with Crippen LogP contribution in [0.5, 0.6) is 0 Å². The fourth-order valence-electron chi connectivity index (χ4n) is 3.35. The van der Waals surface area contributed by atoms with Crippen LogP contribution in [0.4, 0.5) is 5.69 Å². The number of β-lactam (4-membered cyclic amide) rings is 1. The molecule has 0 radical (unpaired) electrons. The van der Waals surface area contributed by atoms with Crippen LogP contribution < -0.4 is 0 Å². The number of esters is 1. The first kappa shape index (κ1) is 19.9. The minimum absolute atomic E-state index is 0.00302. The highest BCUT2D eigenvalue weighted by Gasteiger charge is 2.44. The van der Waals surface area contributed by atoms with Crippen LogP contribution in [0.1, 0.15) is 60.3 Å². The van der Waals surface area contributed by atoms with Gasteiger partial charge in [-0.25, -0.2) is 9.78 Å². The smallest absolute Gasteiger partial charge is 0.357 e. The van der Waals surface area contributed by atoms with Crippen LogP contribution in [0, 0.1) is 16.0 Å². The van der Waals surface area contributed by atoms with Gasteiger partial charge in [0, 0.05) is 17.5 Å². The van der Waals surface area contributed by atoms with E-state index in [0.717, 1.165) is 5.56 Å². The number of non-ortho nitro benzene ring substituents is 1. The number of nitrogens with zero attached hydrogens (tertiary/aromatic N) is 3. The zero-order chi connectivity index (χ0) is 20.4. The van der Waals surface area contributed by atoms with Crippen molar-refractivity contribution >= 4 is 28.9 Å². The summed E-state index contributed by atoms with van der Waals surface area (Å²) in [6.45, 7) is 5.95. The highest BCUT2D eigenvalue weighted by atomic mass is 32.1. The predicted molar refractivity (Wildman–Crippen MR) is 103 cm³/mol. The zero-order valence-corrected chi connectivity index (χ0v) is 16.6. The van der Waals surface area contributed by atoms with Crippen molar-refractivity contribution in [2.75, 3.05) is 6.61 Å². The van der Waals surface area contributed by atoms with Crippen LogP contribution in [-0.4, -0.2) is 33.3 Å². The molecule has 0 spiro atoms. The van der Waals surface area contributed by atoms with Gasteiger partial charge in [0.05, 0.1) is 30.0 Å². The summed E-state index contributed by atoms with van der Waals surface area (Å²) in [6.07, 6.45) is 0.292. The van der Waals surface area contributed by atoms with E-state index in [0.29, 0.717) is 11.4 Å². The molecule has 1 aromatic heterocycles. The lowest BCUT2D eigenvalue weighted by Crippen LogP contribution is -2.49. The molecule has 0 bridgehead atoms. The highest BCUT2D eigenvalue weighted by molar-refractivity contribution is 7.09. The minimum atomic E-state index is -0.488. The maximum absolute atomic E-state index is 12.5. The number of benzene rings is 1. The number of carbonyl (C=O) groups is 2. The Morgan fingerprint density at radius 3 is 2.82 bits per heavy atom. The van der Waals surface area contributed by atoms with Crippen LogP contribution in [-0.2, 0) is 9.53 Å². The summed E-state index contributed by atoms with van der Waals surface area (Å²) >= 11 is 1.31. The van der Waals surface area contributed by atoms with E-state index in [1.165, 1.54) is 23.5 Å². The lowest BCUT2D eigenvalue weighted by molar-refractivity contribution is -0.385. The first-order valence-electron chi connectivity index (χ1n) is 9.01. The number of aromatic nitrogens is 1. The van der Waals surface area contributed by atoms with Gasteiger partial charge in [-0.1, -0.05) is 26.0 Å². The van der Waals surface area contributed by atoms with Crippen LogP contribution in [0.2, 0.25) is 0 Å². The van der Waals surface area contributed by atoms with Crippen LogP contribution in [0.3, 0.4) is 0 Å². The number of hydrogen-bond donors (Lipinski definition) is 0. The Kier molecular flexibility index (Phi) is 5.73. The second kappa shape index (κ2) is 8.05. The van der Waals surface area contributed by atoms with E-state index < -0.39 is 10.9 Å². The number of amides is 1. The molecule has 148 valence electrons. The van der Waals surface area contributed by atoms with Gasteiger partial charge in [0.15, 0.2) is 5.69 Å². The molecule has 3 rings (SSSR count). The zero-order valence-electron chi connectivity index (χ0n) is 15.8. The number of ether oxygens (including phenoxy) is 1. The third-order valence-electron chi connectivity index (χ3n) is 4.65. The molecule has 1 aromatic carbocycles. The lowest BCUT2D eigenvalue weighted by atomic mass is 9.88. The number of nitro groups is 1. The average Bonchev–Trinajstić information content (AvgIpc) is 3.13. The van der Waals surface area contributed by atoms with Gasteiger partial charge in [0.25, 0.3) is 5.69 Å². The van der Waals surface area contributed by atoms with Gasteiger partial charge in [0.1, 0.15) is 5.01 Å². The molecule has 1 fully saturated rings. The minimum Gasteiger partial charge on any atom is -0.461 e. The summed E-state index contributed by atoms with van der Waals surface area (Å²) in [4.78, 5) is 41.2. The molecule has 9 heteroatoms. The highest BCUT2D eigenvalue weighted by Crippen LogP contribution is 2.45. The fraction of sp³-hybridized carbons (Fsp3) is 0.421. The van der Waals surface area contributed by atoms with E-state index >= 15 is 0 Å². The van der Waals surface area contributed by atoms with Crippen molar-refractivity contribution in [2.24, 2.45) is 5.92 Å². The Morgan fingerprint density at radius 2 is 2.21 bits per heavy atom. The number of likely N-dealkylation sites (tertiary alicyclic amines) is 1. The van der Waals surface area contributed by atoms with E-state index in [4.69, 9.17) is 4.74 Å². The molecule has 2 unspecified atom stereocenters. The SMILES string of the molecule is CCOC(=O)c1csc(C(C(C)C)N2C(=O)CC2c2cccc([N+](=O)[O-])c2)n1. The van der Waals surface area contributed by atoms with Crippen molar-refractivity contribution in [1.29, 1.82) is 0 Å². The molecule has 1 aliphatic rings. The van der Waals surface area contributed by atoms with Gasteiger partial charge in [0.2, 0.25) is 5.91 Å². The second-order valence-electron chi connectivity index (χ2n) is 6.85. The molecule has 1 saturated heterocycles. The molecule has 28 heavy (non-hydrogen) atoms. The van der Waals surface area contributed by atoms with E-state index in [9.17, 15) is 19.7 Å². The standard InChI is InChI=1S/C19H21N3O5S/c1-4-27-19(24)14-10-28-18(20-14)17(11(2)3)21-15(9-16(21)23)12-6-5-7-13(8-12)22(25)26/h5-8,10-11,15,17H,4,9H2,1-3H3. The summed E-state index contributed by atoms with van der Waals surface area (Å²) in [7, 11) is 0. The lowest BCUT2D eigenvalue weighted by Gasteiger charge is -2.46. The number of thiazole rings is 1. The molecular weight excluding hydrogens is 382 g/mol. The van der Waals surface area contributed by atoms with Crippen LogP contribution in [0.25, 0.3) is 0 Å². The molecule has 0 N–H and O–H groups in total. The van der Waals surface area contributed by atoms with E-state index in [1.807, 2.05) is 13.8 Å². The molecule has 2 heterocycles. The fourth-order valence-corrected chi connectivity index (χ4v) is 4.41. The number of rotatable bonds is 7. The summed E-state index contributed by atoms with van der Waals surface area (Å²) in [6, 6.07) is 5.78. The number of hydrogen-bond acceptors (Lipinski definition) is 7. The largest absolute Gasteiger partial charge is 0.461 e. The van der Waals surface area contributed by atoms with Crippen LogP contribution >= 0.6 is 11.3 Å². The molecule has 2 aromatic rings. The third-order valence-corrected chi connectivity index (χ3v) is 5.56. The molecule has 1 amide bonds. The predicted octanol–water partition coefficient (Wildman–Crippen LogP) is 3.90. The number of nitro benzene ring substituents is 1. The van der Waals surface area contributed by atoms with Crippen molar-refractivity contribution in [3.63, 3.8) is 0 Å². The molecule has 2 atom stereocenters. The Bertz CT molecular complexity index is 910. The van der Waals surface area contributed by atoms with Crippen molar-refractivity contribution in [3.05, 3.63) is 56.0 Å². The van der Waals surface area contributed by atoms with Crippen molar-refractivity contribution in [1.82, 2.24) is 9.88 Å². The Morgan fingerprint density at radius 1 is 1.46 bits per heavy atom. The van der Waals surface area contributed by atoms with Gasteiger partial charge in [-0.2, -0.15) is 0 Å². The Labute approximate surface area is 166 Å². The molecule has 0 aliphatic carbocycles. The Hall–Kier alpha value is -2.81. The summed E-state index contributed by atoms with van der Waals surface area (Å²) in [5.41, 5.74) is 0.950. The van der Waals surface area contributed by atoms with Gasteiger partial charge in [-0.15, -0.1) is 11.3 Å². The van der Waals surface area contributed by atoms with Gasteiger partial charge in [-0.05, 0) is 18.4 Å². The molecule has 8 nitrogen and oxygen atoms in total.